The van der Waals surface area contributed by atoms with E-state index in [1.807, 2.05) is 6.92 Å². The molecule has 1 aromatic carbocycles. The second kappa shape index (κ2) is 10.3. The molecule has 0 radical (unpaired) electrons. The van der Waals surface area contributed by atoms with Gasteiger partial charge in [0.15, 0.2) is 5.69 Å². The fourth-order valence-corrected chi connectivity index (χ4v) is 3.01. The number of likely N-dealkylation sites (N-methyl/N-ethyl adjacent to an activating group) is 1. The molecule has 0 spiro atoms. The molecule has 30 heavy (non-hydrogen) atoms. The number of rotatable bonds is 9. The van der Waals surface area contributed by atoms with Gasteiger partial charge in [0, 0.05) is 30.8 Å². The molecule has 0 saturated carbocycles. The summed E-state index contributed by atoms with van der Waals surface area (Å²) in [6, 6.07) is 5.20. The van der Waals surface area contributed by atoms with E-state index in [-0.39, 0.29) is 18.1 Å². The number of aromatic nitrogens is 2. The van der Waals surface area contributed by atoms with E-state index < -0.39 is 17.2 Å². The number of anilines is 2. The van der Waals surface area contributed by atoms with E-state index in [1.54, 1.807) is 38.3 Å². The lowest BCUT2D eigenvalue weighted by Gasteiger charge is -2.22. The molecule has 3 N–H and O–H groups in total. The number of benzene rings is 1. The number of carbonyl (C=O) groups is 1. The summed E-state index contributed by atoms with van der Waals surface area (Å²) in [6.07, 6.45) is 4.48. The van der Waals surface area contributed by atoms with Gasteiger partial charge in [0.05, 0.1) is 14.2 Å². The number of H-pyrrole nitrogens is 1. The number of nitrogen functional groups attached to an aromatic ring is 1. The number of nitrogens with zero attached hydrogens (tertiary/aromatic N) is 2. The predicted molar refractivity (Wildman–Crippen MR) is 117 cm³/mol. The molecule has 0 saturated heterocycles. The van der Waals surface area contributed by atoms with Crippen LogP contribution < -0.4 is 31.4 Å². The summed E-state index contributed by atoms with van der Waals surface area (Å²) in [4.78, 5) is 40.9. The average Bonchev–Trinajstić information content (AvgIpc) is 2.74. The molecule has 162 valence electrons. The van der Waals surface area contributed by atoms with Crippen molar-refractivity contribution in [1.29, 1.82) is 0 Å². The number of methoxy groups -OCH3 is 2. The molecule has 0 aliphatic heterocycles. The summed E-state index contributed by atoms with van der Waals surface area (Å²) >= 11 is 0. The molecule has 1 amide bonds. The fourth-order valence-electron chi connectivity index (χ4n) is 3.01. The van der Waals surface area contributed by atoms with E-state index >= 15 is 0 Å². The summed E-state index contributed by atoms with van der Waals surface area (Å²) in [5.41, 5.74) is 5.46. The number of unbranched alkanes of at least 4 members (excludes halogenated alkanes) is 1. The Morgan fingerprint density at radius 1 is 1.23 bits per heavy atom. The van der Waals surface area contributed by atoms with E-state index in [0.717, 1.165) is 6.42 Å². The molecule has 0 aliphatic carbocycles. The van der Waals surface area contributed by atoms with Crippen molar-refractivity contribution in [3.05, 3.63) is 50.7 Å². The van der Waals surface area contributed by atoms with Gasteiger partial charge < -0.3 is 20.1 Å². The van der Waals surface area contributed by atoms with Crippen molar-refractivity contribution in [3.8, 4) is 11.5 Å². The highest BCUT2D eigenvalue weighted by molar-refractivity contribution is 6.05. The van der Waals surface area contributed by atoms with Crippen LogP contribution in [0.25, 0.3) is 6.08 Å². The van der Waals surface area contributed by atoms with Crippen molar-refractivity contribution in [1.82, 2.24) is 9.55 Å². The molecule has 0 aliphatic rings. The van der Waals surface area contributed by atoms with E-state index in [0.29, 0.717) is 30.0 Å². The summed E-state index contributed by atoms with van der Waals surface area (Å²) in [5.74, 6) is 0.683. The first-order chi connectivity index (χ1) is 14.4. The van der Waals surface area contributed by atoms with Crippen LogP contribution >= 0.6 is 0 Å². The summed E-state index contributed by atoms with van der Waals surface area (Å²) in [6.45, 7) is 4.26. The van der Waals surface area contributed by atoms with Gasteiger partial charge >= 0.3 is 5.69 Å². The number of ether oxygens (including phenoxy) is 2. The highest BCUT2D eigenvalue weighted by atomic mass is 16.5. The van der Waals surface area contributed by atoms with E-state index in [4.69, 9.17) is 15.2 Å². The highest BCUT2D eigenvalue weighted by Crippen LogP contribution is 2.26. The third-order valence-corrected chi connectivity index (χ3v) is 4.65. The number of hydrogen-bond donors (Lipinski definition) is 2. The van der Waals surface area contributed by atoms with Crippen LogP contribution in [0.5, 0.6) is 11.5 Å². The minimum absolute atomic E-state index is 0.0252. The molecular formula is C21H28N4O5. The molecule has 2 rings (SSSR count). The van der Waals surface area contributed by atoms with Gasteiger partial charge in [-0.05, 0) is 31.6 Å². The van der Waals surface area contributed by atoms with Crippen molar-refractivity contribution in [2.75, 3.05) is 31.4 Å². The first-order valence-corrected chi connectivity index (χ1v) is 9.72. The highest BCUT2D eigenvalue weighted by Gasteiger charge is 2.21. The molecule has 0 fully saturated rings. The Labute approximate surface area is 174 Å². The largest absolute Gasteiger partial charge is 0.497 e. The van der Waals surface area contributed by atoms with Crippen LogP contribution in [0.1, 0.15) is 32.3 Å². The van der Waals surface area contributed by atoms with Crippen LogP contribution in [0.2, 0.25) is 0 Å². The molecule has 2 aromatic rings. The number of nitrogens with two attached hydrogens (primary N) is 1. The average molecular weight is 416 g/mol. The number of carbonyl (C=O) groups excluding carboxylic acids is 1. The van der Waals surface area contributed by atoms with Crippen LogP contribution in [0.3, 0.4) is 0 Å². The van der Waals surface area contributed by atoms with Crippen molar-refractivity contribution in [2.45, 2.75) is 33.2 Å². The summed E-state index contributed by atoms with van der Waals surface area (Å²) in [7, 11) is 3.07. The zero-order chi connectivity index (χ0) is 22.3. The van der Waals surface area contributed by atoms with E-state index in [1.165, 1.54) is 22.7 Å². The maximum absolute atomic E-state index is 12.9. The molecule has 0 bridgehead atoms. The standard InChI is InChI=1S/C21H28N4O5/c1-5-7-12-25-19(22)18(20(27)23-21(25)28)24(6-2)17(26)11-9-14-8-10-15(29-3)13-16(14)30-4/h8-11,13H,5-7,12,22H2,1-4H3,(H,23,27,28)/b11-9+. The third-order valence-electron chi connectivity index (χ3n) is 4.65. The minimum Gasteiger partial charge on any atom is -0.497 e. The molecule has 9 nitrogen and oxygen atoms in total. The number of aromatic amines is 1. The van der Waals surface area contributed by atoms with Gasteiger partial charge in [-0.25, -0.2) is 4.79 Å². The van der Waals surface area contributed by atoms with Crippen molar-refractivity contribution in [3.63, 3.8) is 0 Å². The molecule has 0 atom stereocenters. The first kappa shape index (κ1) is 22.8. The van der Waals surface area contributed by atoms with E-state index in [2.05, 4.69) is 4.98 Å². The quantitative estimate of drug-likeness (QED) is 0.604. The van der Waals surface area contributed by atoms with Gasteiger partial charge in [-0.3, -0.25) is 19.1 Å². The molecule has 1 aromatic heterocycles. The first-order valence-electron chi connectivity index (χ1n) is 9.72. The van der Waals surface area contributed by atoms with Crippen LogP contribution in [0, 0.1) is 0 Å². The predicted octanol–water partition coefficient (Wildman–Crippen LogP) is 2.00. The maximum Gasteiger partial charge on any atom is 0.330 e. The van der Waals surface area contributed by atoms with Crippen LogP contribution in [-0.2, 0) is 11.3 Å². The zero-order valence-electron chi connectivity index (χ0n) is 17.7. The SMILES string of the molecule is CCCCn1c(N)c(N(CC)C(=O)/C=C/c2ccc(OC)cc2OC)c(=O)[nH]c1=O. The second-order valence-corrected chi connectivity index (χ2v) is 6.52. The number of amides is 1. The topological polar surface area (TPSA) is 120 Å². The summed E-state index contributed by atoms with van der Waals surface area (Å²) < 4.78 is 11.8. The van der Waals surface area contributed by atoms with Gasteiger partial charge in [-0.2, -0.15) is 0 Å². The van der Waals surface area contributed by atoms with Crippen LogP contribution in [0.4, 0.5) is 11.5 Å². The Bertz CT molecular complexity index is 1040. The monoisotopic (exact) mass is 416 g/mol. The molecule has 1 heterocycles. The van der Waals surface area contributed by atoms with Gasteiger partial charge in [-0.1, -0.05) is 13.3 Å². The Morgan fingerprint density at radius 3 is 2.57 bits per heavy atom. The lowest BCUT2D eigenvalue weighted by Crippen LogP contribution is -2.40. The second-order valence-electron chi connectivity index (χ2n) is 6.52. The van der Waals surface area contributed by atoms with Gasteiger partial charge in [0.25, 0.3) is 11.5 Å². The Balaban J connectivity index is 2.41. The molecular weight excluding hydrogens is 388 g/mol. The van der Waals surface area contributed by atoms with Gasteiger partial charge in [-0.15, -0.1) is 0 Å². The smallest absolute Gasteiger partial charge is 0.330 e. The van der Waals surface area contributed by atoms with Crippen LogP contribution in [0.15, 0.2) is 33.9 Å². The fraction of sp³-hybridized carbons (Fsp3) is 0.381. The Morgan fingerprint density at radius 2 is 1.97 bits per heavy atom. The van der Waals surface area contributed by atoms with Crippen LogP contribution in [-0.4, -0.2) is 36.2 Å². The lowest BCUT2D eigenvalue weighted by atomic mass is 10.1. The van der Waals surface area contributed by atoms with Gasteiger partial charge in [0.1, 0.15) is 17.3 Å². The number of nitrogens with one attached hydrogen (secondary N) is 1. The minimum atomic E-state index is -0.698. The molecule has 9 heteroatoms. The van der Waals surface area contributed by atoms with Crippen molar-refractivity contribution in [2.24, 2.45) is 0 Å². The Kier molecular flexibility index (Phi) is 7.85. The zero-order valence-corrected chi connectivity index (χ0v) is 17.7. The Hall–Kier alpha value is -3.49. The maximum atomic E-state index is 12.9. The normalized spacial score (nSPS) is 10.9. The number of hydrogen-bond acceptors (Lipinski definition) is 6. The summed E-state index contributed by atoms with van der Waals surface area (Å²) in [5, 5.41) is 0. The van der Waals surface area contributed by atoms with Crippen molar-refractivity contribution < 1.29 is 14.3 Å². The third kappa shape index (κ3) is 4.91. The van der Waals surface area contributed by atoms with Gasteiger partial charge in [0.2, 0.25) is 0 Å². The van der Waals surface area contributed by atoms with E-state index in [9.17, 15) is 14.4 Å². The lowest BCUT2D eigenvalue weighted by molar-refractivity contribution is -0.114. The molecule has 0 unspecified atom stereocenters. The van der Waals surface area contributed by atoms with Crippen molar-refractivity contribution >= 4 is 23.5 Å².